The highest BCUT2D eigenvalue weighted by molar-refractivity contribution is 5.90. The fourth-order valence-electron chi connectivity index (χ4n) is 4.45. The van der Waals surface area contributed by atoms with Gasteiger partial charge in [-0.2, -0.15) is 0 Å². The Labute approximate surface area is 192 Å². The van der Waals surface area contributed by atoms with E-state index in [9.17, 15) is 0 Å². The molecule has 0 spiro atoms. The fourth-order valence-corrected chi connectivity index (χ4v) is 4.45. The minimum atomic E-state index is -0.0253. The molecule has 3 aromatic carbocycles. The van der Waals surface area contributed by atoms with E-state index in [0.717, 1.165) is 46.4 Å². The van der Waals surface area contributed by atoms with Crippen LogP contribution in [-0.2, 0) is 10.8 Å². The van der Waals surface area contributed by atoms with E-state index < -0.39 is 0 Å². The van der Waals surface area contributed by atoms with Crippen LogP contribution in [0.15, 0.2) is 72.8 Å². The summed E-state index contributed by atoms with van der Waals surface area (Å²) in [7, 11) is 0. The Bertz CT molecular complexity index is 1210. The van der Waals surface area contributed by atoms with Crippen molar-refractivity contribution in [1.29, 1.82) is 0 Å². The van der Waals surface area contributed by atoms with Crippen molar-refractivity contribution in [3.63, 3.8) is 0 Å². The summed E-state index contributed by atoms with van der Waals surface area (Å²) in [4.78, 5) is 10.8. The van der Waals surface area contributed by atoms with E-state index in [1.54, 1.807) is 0 Å². The largest absolute Gasteiger partial charge is 0.244 e. The molecule has 4 rings (SSSR count). The highest BCUT2D eigenvalue weighted by Gasteiger charge is 2.29. The molecule has 0 aliphatic rings. The second kappa shape index (κ2) is 8.50. The molecule has 0 N–H and O–H groups in total. The van der Waals surface area contributed by atoms with Crippen molar-refractivity contribution in [2.24, 2.45) is 0 Å². The summed E-state index contributed by atoms with van der Waals surface area (Å²) in [6, 6.07) is 25.5. The van der Waals surface area contributed by atoms with Crippen molar-refractivity contribution >= 4 is 11.0 Å². The minimum Gasteiger partial charge on any atom is -0.244 e. The maximum Gasteiger partial charge on any atom is 0.0973 e. The quantitative estimate of drug-likeness (QED) is 0.323. The average Bonchev–Trinajstić information content (AvgIpc) is 2.82. The van der Waals surface area contributed by atoms with Gasteiger partial charge in [-0.3, -0.25) is 0 Å². The number of nitrogens with zero attached hydrogens (tertiary/aromatic N) is 2. The predicted octanol–water partition coefficient (Wildman–Crippen LogP) is 8.34. The monoisotopic (exact) mass is 422 g/mol. The van der Waals surface area contributed by atoms with Crippen LogP contribution in [0.2, 0.25) is 0 Å². The van der Waals surface area contributed by atoms with Crippen LogP contribution in [-0.4, -0.2) is 9.97 Å². The van der Waals surface area contributed by atoms with E-state index in [2.05, 4.69) is 108 Å². The van der Waals surface area contributed by atoms with Gasteiger partial charge in [-0.1, -0.05) is 114 Å². The Kier molecular flexibility index (Phi) is 5.90. The molecule has 1 aromatic heterocycles. The maximum absolute atomic E-state index is 5.40. The molecule has 0 radical (unpaired) electrons. The Morgan fingerprint density at radius 3 is 1.38 bits per heavy atom. The van der Waals surface area contributed by atoms with Crippen LogP contribution in [0.1, 0.15) is 65.5 Å². The molecule has 0 saturated heterocycles. The second-order valence-corrected chi connectivity index (χ2v) is 10.0. The van der Waals surface area contributed by atoms with Gasteiger partial charge in [0.15, 0.2) is 0 Å². The predicted molar refractivity (Wildman–Crippen MR) is 137 cm³/mol. The van der Waals surface area contributed by atoms with E-state index in [1.807, 2.05) is 6.07 Å². The standard InChI is InChI=1S/C30H34N2/c1-7-30(6,8-2)24-20-19-23(29(3,4)5)27-28(24)32-26(22-17-13-10-14-18-22)25(31-27)21-15-11-9-12-16-21/h9-20H,7-8H2,1-6H3. The molecule has 0 unspecified atom stereocenters. The first-order valence-corrected chi connectivity index (χ1v) is 11.7. The van der Waals surface area contributed by atoms with Gasteiger partial charge in [-0.05, 0) is 34.8 Å². The second-order valence-electron chi connectivity index (χ2n) is 10.0. The van der Waals surface area contributed by atoms with Gasteiger partial charge in [0.25, 0.3) is 0 Å². The third kappa shape index (κ3) is 3.95. The van der Waals surface area contributed by atoms with Crippen molar-refractivity contribution < 1.29 is 0 Å². The van der Waals surface area contributed by atoms with Gasteiger partial charge >= 0.3 is 0 Å². The smallest absolute Gasteiger partial charge is 0.0973 e. The van der Waals surface area contributed by atoms with Crippen LogP contribution >= 0.6 is 0 Å². The number of hydrogen-bond donors (Lipinski definition) is 0. The molecule has 2 nitrogen and oxygen atoms in total. The van der Waals surface area contributed by atoms with Crippen molar-refractivity contribution in [3.8, 4) is 22.5 Å². The van der Waals surface area contributed by atoms with Crippen molar-refractivity contribution in [1.82, 2.24) is 9.97 Å². The van der Waals surface area contributed by atoms with Gasteiger partial charge in [-0.15, -0.1) is 0 Å². The molecule has 0 aliphatic carbocycles. The lowest BCUT2D eigenvalue weighted by atomic mass is 9.75. The van der Waals surface area contributed by atoms with Crippen molar-refractivity contribution in [2.45, 2.75) is 65.2 Å². The number of fused-ring (bicyclic) bond motifs is 1. The van der Waals surface area contributed by atoms with E-state index in [1.165, 1.54) is 11.1 Å². The highest BCUT2D eigenvalue weighted by Crippen LogP contribution is 2.41. The first-order chi connectivity index (χ1) is 15.3. The Hall–Kier alpha value is -3.00. The van der Waals surface area contributed by atoms with Gasteiger partial charge < -0.3 is 0 Å². The van der Waals surface area contributed by atoms with Crippen molar-refractivity contribution in [2.75, 3.05) is 0 Å². The first kappa shape index (κ1) is 22.2. The summed E-state index contributed by atoms with van der Waals surface area (Å²) in [5.74, 6) is 0. The molecule has 4 aromatic rings. The zero-order chi connectivity index (χ0) is 22.9. The van der Waals surface area contributed by atoms with Gasteiger partial charge in [0.1, 0.15) is 0 Å². The third-order valence-electron chi connectivity index (χ3n) is 6.94. The van der Waals surface area contributed by atoms with Gasteiger partial charge in [0, 0.05) is 11.1 Å². The minimum absolute atomic E-state index is 0.0253. The van der Waals surface area contributed by atoms with Gasteiger partial charge in [0.2, 0.25) is 0 Å². The van der Waals surface area contributed by atoms with E-state index in [-0.39, 0.29) is 10.8 Å². The van der Waals surface area contributed by atoms with E-state index >= 15 is 0 Å². The normalized spacial score (nSPS) is 12.3. The summed E-state index contributed by atoms with van der Waals surface area (Å²) in [5.41, 5.74) is 8.75. The molecule has 32 heavy (non-hydrogen) atoms. The topological polar surface area (TPSA) is 25.8 Å². The van der Waals surface area contributed by atoms with Crippen LogP contribution in [0.4, 0.5) is 0 Å². The van der Waals surface area contributed by atoms with Gasteiger partial charge in [0.05, 0.1) is 22.4 Å². The molecular formula is C30H34N2. The Balaban J connectivity index is 2.16. The molecule has 0 atom stereocenters. The Morgan fingerprint density at radius 2 is 0.969 bits per heavy atom. The molecule has 0 bridgehead atoms. The molecule has 0 amide bonds. The maximum atomic E-state index is 5.40. The van der Waals surface area contributed by atoms with Crippen LogP contribution in [0, 0.1) is 0 Å². The number of rotatable bonds is 5. The number of aromatic nitrogens is 2. The average molecular weight is 423 g/mol. The molecule has 0 aliphatic heterocycles. The number of hydrogen-bond acceptors (Lipinski definition) is 2. The fraction of sp³-hybridized carbons (Fsp3) is 0.333. The molecule has 0 saturated carbocycles. The third-order valence-corrected chi connectivity index (χ3v) is 6.94. The summed E-state index contributed by atoms with van der Waals surface area (Å²) in [5, 5.41) is 0. The molecule has 1 heterocycles. The van der Waals surface area contributed by atoms with Crippen molar-refractivity contribution in [3.05, 3.63) is 83.9 Å². The van der Waals surface area contributed by atoms with Gasteiger partial charge in [-0.25, -0.2) is 9.97 Å². The highest BCUT2D eigenvalue weighted by atomic mass is 14.8. The summed E-state index contributed by atoms with van der Waals surface area (Å²) < 4.78 is 0. The Morgan fingerprint density at radius 1 is 0.562 bits per heavy atom. The zero-order valence-corrected chi connectivity index (χ0v) is 20.2. The summed E-state index contributed by atoms with van der Waals surface area (Å²) in [6.45, 7) is 13.7. The molecule has 0 fully saturated rings. The lowest BCUT2D eigenvalue weighted by molar-refractivity contribution is 0.441. The van der Waals surface area contributed by atoms with Crippen LogP contribution in [0.3, 0.4) is 0 Å². The first-order valence-electron chi connectivity index (χ1n) is 11.7. The lowest BCUT2D eigenvalue weighted by Crippen LogP contribution is -2.22. The summed E-state index contributed by atoms with van der Waals surface area (Å²) >= 11 is 0. The summed E-state index contributed by atoms with van der Waals surface area (Å²) in [6.07, 6.45) is 2.13. The molecule has 164 valence electrons. The van der Waals surface area contributed by atoms with Crippen LogP contribution < -0.4 is 0 Å². The lowest BCUT2D eigenvalue weighted by Gasteiger charge is -2.30. The van der Waals surface area contributed by atoms with E-state index in [0.29, 0.717) is 0 Å². The molecular weight excluding hydrogens is 388 g/mol. The van der Waals surface area contributed by atoms with E-state index in [4.69, 9.17) is 9.97 Å². The molecule has 2 heteroatoms. The SMILES string of the molecule is CCC(C)(CC)c1ccc(C(C)(C)C)c2nc(-c3ccccc3)c(-c3ccccc3)nc12. The number of benzene rings is 3. The zero-order valence-electron chi connectivity index (χ0n) is 20.2. The van der Waals surface area contributed by atoms with Crippen LogP contribution in [0.5, 0.6) is 0 Å². The van der Waals surface area contributed by atoms with Crippen LogP contribution in [0.25, 0.3) is 33.5 Å².